The van der Waals surface area contributed by atoms with Crippen molar-refractivity contribution in [3.8, 4) is 0 Å². The number of ether oxygens (including phenoxy) is 1. The molecule has 2 heterocycles. The summed E-state index contributed by atoms with van der Waals surface area (Å²) in [6.07, 6.45) is 2.59. The minimum Gasteiger partial charge on any atom is -0.370 e. The third kappa shape index (κ3) is 4.33. The molecule has 0 bridgehead atoms. The Morgan fingerprint density at radius 1 is 1.29 bits per heavy atom. The Hall–Kier alpha value is -0.590. The van der Waals surface area contributed by atoms with Crippen molar-refractivity contribution in [1.82, 2.24) is 10.2 Å². The van der Waals surface area contributed by atoms with Gasteiger partial charge in [0, 0.05) is 17.1 Å². The second-order valence-electron chi connectivity index (χ2n) is 5.93. The fourth-order valence-corrected chi connectivity index (χ4v) is 3.61. The maximum atomic E-state index is 13.7. The van der Waals surface area contributed by atoms with Gasteiger partial charge in [-0.2, -0.15) is 0 Å². The first kappa shape index (κ1) is 19.7. The van der Waals surface area contributed by atoms with E-state index in [9.17, 15) is 9.18 Å². The molecule has 3 rings (SSSR count). The number of rotatable bonds is 2. The quantitative estimate of drug-likeness (QED) is 0.775. The summed E-state index contributed by atoms with van der Waals surface area (Å²) < 4.78 is 19.4. The Labute approximate surface area is 157 Å². The Bertz CT molecular complexity index is 597. The Balaban J connectivity index is 0.00000208. The highest BCUT2D eigenvalue weighted by Gasteiger charge is 2.31. The molecule has 4 nitrogen and oxygen atoms in total. The van der Waals surface area contributed by atoms with Gasteiger partial charge in [-0.05, 0) is 31.5 Å². The molecule has 2 aliphatic heterocycles. The number of piperidine rings is 1. The van der Waals surface area contributed by atoms with Crippen LogP contribution in [0.5, 0.6) is 0 Å². The third-order valence-corrected chi connectivity index (χ3v) is 4.99. The number of nitrogens with zero attached hydrogens (tertiary/aromatic N) is 1. The normalized spacial score (nSPS) is 24.4. The van der Waals surface area contributed by atoms with Crippen LogP contribution in [0, 0.1) is 5.82 Å². The highest BCUT2D eigenvalue weighted by Crippen LogP contribution is 2.32. The summed E-state index contributed by atoms with van der Waals surface area (Å²) in [5, 5.41) is 3.60. The lowest BCUT2D eigenvalue weighted by Gasteiger charge is -2.36. The number of morpholine rings is 1. The molecule has 2 atom stereocenters. The van der Waals surface area contributed by atoms with Crippen molar-refractivity contribution in [2.24, 2.45) is 0 Å². The van der Waals surface area contributed by atoms with Gasteiger partial charge < -0.3 is 15.0 Å². The lowest BCUT2D eigenvalue weighted by atomic mass is 10.0. The van der Waals surface area contributed by atoms with E-state index in [4.69, 9.17) is 27.9 Å². The van der Waals surface area contributed by atoms with E-state index < -0.39 is 11.9 Å². The molecule has 0 radical (unpaired) electrons. The minimum atomic E-state index is -0.535. The number of hydrogen-bond acceptors (Lipinski definition) is 3. The SMILES string of the molecule is Cl.O=C(C1CCCCN1)N1CCOC(c2cc(F)c(Cl)cc2Cl)C1. The van der Waals surface area contributed by atoms with Crippen molar-refractivity contribution >= 4 is 41.5 Å². The van der Waals surface area contributed by atoms with Gasteiger partial charge >= 0.3 is 0 Å². The summed E-state index contributed by atoms with van der Waals surface area (Å²) >= 11 is 11.9. The molecule has 2 unspecified atom stereocenters. The van der Waals surface area contributed by atoms with Crippen molar-refractivity contribution in [1.29, 1.82) is 0 Å². The van der Waals surface area contributed by atoms with Crippen LogP contribution in [0.15, 0.2) is 12.1 Å². The third-order valence-electron chi connectivity index (χ3n) is 4.37. The molecule has 1 aromatic rings. The van der Waals surface area contributed by atoms with E-state index in [-0.39, 0.29) is 29.4 Å². The molecule has 0 aliphatic carbocycles. The van der Waals surface area contributed by atoms with Crippen LogP contribution in [0.3, 0.4) is 0 Å². The number of benzene rings is 1. The highest BCUT2D eigenvalue weighted by molar-refractivity contribution is 6.35. The van der Waals surface area contributed by atoms with Crippen LogP contribution in [-0.2, 0) is 9.53 Å². The summed E-state index contributed by atoms with van der Waals surface area (Å²) in [7, 11) is 0. The van der Waals surface area contributed by atoms with E-state index >= 15 is 0 Å². The maximum absolute atomic E-state index is 13.7. The zero-order chi connectivity index (χ0) is 16.4. The van der Waals surface area contributed by atoms with Gasteiger partial charge in [-0.25, -0.2) is 4.39 Å². The Morgan fingerprint density at radius 3 is 2.79 bits per heavy atom. The molecule has 8 heteroatoms. The van der Waals surface area contributed by atoms with Crippen LogP contribution in [0.4, 0.5) is 4.39 Å². The van der Waals surface area contributed by atoms with Gasteiger partial charge in [0.1, 0.15) is 11.9 Å². The largest absolute Gasteiger partial charge is 0.370 e. The average molecular weight is 398 g/mol. The van der Waals surface area contributed by atoms with E-state index in [0.29, 0.717) is 30.3 Å². The van der Waals surface area contributed by atoms with Crippen molar-refractivity contribution in [3.05, 3.63) is 33.6 Å². The number of nitrogens with one attached hydrogen (secondary N) is 1. The summed E-state index contributed by atoms with van der Waals surface area (Å²) in [6.45, 7) is 2.20. The van der Waals surface area contributed by atoms with Crippen LogP contribution in [0.2, 0.25) is 10.0 Å². The molecule has 0 spiro atoms. The molecule has 0 aromatic heterocycles. The Kier molecular flexibility index (Phi) is 7.13. The van der Waals surface area contributed by atoms with Crippen molar-refractivity contribution < 1.29 is 13.9 Å². The van der Waals surface area contributed by atoms with Crippen LogP contribution in [-0.4, -0.2) is 43.1 Å². The molecule has 2 aliphatic rings. The van der Waals surface area contributed by atoms with Crippen molar-refractivity contribution in [2.45, 2.75) is 31.4 Å². The van der Waals surface area contributed by atoms with Crippen LogP contribution in [0.1, 0.15) is 30.9 Å². The molecule has 24 heavy (non-hydrogen) atoms. The van der Waals surface area contributed by atoms with Gasteiger partial charge in [-0.1, -0.05) is 29.6 Å². The van der Waals surface area contributed by atoms with Gasteiger partial charge in [0.2, 0.25) is 5.91 Å². The molecule has 1 aromatic carbocycles. The zero-order valence-electron chi connectivity index (χ0n) is 13.1. The van der Waals surface area contributed by atoms with Crippen molar-refractivity contribution in [3.63, 3.8) is 0 Å². The standard InChI is InChI=1S/C16H19Cl2FN2O2.ClH/c17-11-8-12(18)13(19)7-10(11)15-9-21(5-6-23-15)16(22)14-3-1-2-4-20-14;/h7-8,14-15,20H,1-6,9H2;1H. The predicted octanol–water partition coefficient (Wildman–Crippen LogP) is 3.60. The van der Waals surface area contributed by atoms with E-state index in [1.54, 1.807) is 4.90 Å². The first-order valence-corrected chi connectivity index (χ1v) is 8.60. The average Bonchev–Trinajstić information content (AvgIpc) is 2.58. The number of hydrogen-bond donors (Lipinski definition) is 1. The van der Waals surface area contributed by atoms with Crippen molar-refractivity contribution in [2.75, 3.05) is 26.2 Å². The summed E-state index contributed by atoms with van der Waals surface area (Å²) in [5.74, 6) is -0.448. The summed E-state index contributed by atoms with van der Waals surface area (Å²) in [5.41, 5.74) is 0.530. The molecule has 134 valence electrons. The number of halogens is 4. The number of carbonyl (C=O) groups is 1. The Morgan fingerprint density at radius 2 is 2.08 bits per heavy atom. The van der Waals surface area contributed by atoms with Gasteiger partial charge in [0.05, 0.1) is 24.2 Å². The van der Waals surface area contributed by atoms with Crippen LogP contribution in [0.25, 0.3) is 0 Å². The molecule has 2 fully saturated rings. The highest BCUT2D eigenvalue weighted by atomic mass is 35.5. The molecule has 2 saturated heterocycles. The monoisotopic (exact) mass is 396 g/mol. The van der Waals surface area contributed by atoms with E-state index in [1.165, 1.54) is 12.1 Å². The maximum Gasteiger partial charge on any atom is 0.239 e. The lowest BCUT2D eigenvalue weighted by molar-refractivity contribution is -0.141. The summed E-state index contributed by atoms with van der Waals surface area (Å²) in [6, 6.07) is 2.54. The summed E-state index contributed by atoms with van der Waals surface area (Å²) in [4.78, 5) is 14.4. The van der Waals surface area contributed by atoms with E-state index in [2.05, 4.69) is 5.32 Å². The fraction of sp³-hybridized carbons (Fsp3) is 0.562. The van der Waals surface area contributed by atoms with Gasteiger partial charge in [0.25, 0.3) is 0 Å². The van der Waals surface area contributed by atoms with Gasteiger partial charge in [-0.15, -0.1) is 12.4 Å². The molecule has 1 N–H and O–H groups in total. The lowest BCUT2D eigenvalue weighted by Crippen LogP contribution is -2.52. The minimum absolute atomic E-state index is 0. The number of carbonyl (C=O) groups excluding carboxylic acids is 1. The van der Waals surface area contributed by atoms with Gasteiger partial charge in [0.15, 0.2) is 0 Å². The molecular weight excluding hydrogens is 378 g/mol. The smallest absolute Gasteiger partial charge is 0.239 e. The second kappa shape index (κ2) is 8.68. The molecule has 0 saturated carbocycles. The fourth-order valence-electron chi connectivity index (χ4n) is 3.11. The zero-order valence-corrected chi connectivity index (χ0v) is 15.4. The first-order chi connectivity index (χ1) is 11.1. The van der Waals surface area contributed by atoms with E-state index in [0.717, 1.165) is 25.8 Å². The molecular formula is C16H20Cl3FN2O2. The predicted molar refractivity (Wildman–Crippen MR) is 94.6 cm³/mol. The first-order valence-electron chi connectivity index (χ1n) is 7.84. The molecule has 1 amide bonds. The number of amides is 1. The second-order valence-corrected chi connectivity index (χ2v) is 6.75. The van der Waals surface area contributed by atoms with Crippen LogP contribution < -0.4 is 5.32 Å². The van der Waals surface area contributed by atoms with E-state index in [1.807, 2.05) is 0 Å². The van der Waals surface area contributed by atoms with Crippen LogP contribution >= 0.6 is 35.6 Å². The topological polar surface area (TPSA) is 41.6 Å². The van der Waals surface area contributed by atoms with Gasteiger partial charge in [-0.3, -0.25) is 4.79 Å².